The Bertz CT molecular complexity index is 220. The second-order valence-corrected chi connectivity index (χ2v) is 3.19. The normalized spacial score (nSPS) is 24.2. The summed E-state index contributed by atoms with van der Waals surface area (Å²) in [6, 6.07) is 0. The molecule has 1 fully saturated rings. The van der Waals surface area contributed by atoms with Crippen molar-refractivity contribution in [3.05, 3.63) is 0 Å². The molecular formula is C7H11N3O. The van der Waals surface area contributed by atoms with Gasteiger partial charge in [-0.05, 0) is 18.8 Å². The van der Waals surface area contributed by atoms with Crippen molar-refractivity contribution in [2.45, 2.75) is 12.8 Å². The number of hydrogen-bond donors (Lipinski definition) is 1. The highest BCUT2D eigenvalue weighted by Gasteiger charge is 2.28. The molecule has 0 aromatic rings. The number of guanidine groups is 1. The zero-order valence-electron chi connectivity index (χ0n) is 6.29. The number of nitrogens with zero attached hydrogens (tertiary/aromatic N) is 2. The minimum Gasteiger partial charge on any atom is -0.369 e. The van der Waals surface area contributed by atoms with Crippen molar-refractivity contribution in [1.82, 2.24) is 4.90 Å². The zero-order valence-corrected chi connectivity index (χ0v) is 6.29. The van der Waals surface area contributed by atoms with E-state index in [1.54, 1.807) is 0 Å². The third kappa shape index (κ3) is 1.34. The summed E-state index contributed by atoms with van der Waals surface area (Å²) in [5.74, 6) is 1.06. The van der Waals surface area contributed by atoms with Crippen LogP contribution in [-0.2, 0) is 4.79 Å². The highest BCUT2D eigenvalue weighted by atomic mass is 16.2. The fraction of sp³-hybridized carbons (Fsp3) is 0.714. The van der Waals surface area contributed by atoms with E-state index >= 15 is 0 Å². The molecule has 0 spiro atoms. The number of carbonyl (C=O) groups excluding carboxylic acids is 1. The first kappa shape index (κ1) is 6.64. The summed E-state index contributed by atoms with van der Waals surface area (Å²) in [7, 11) is 0. The largest absolute Gasteiger partial charge is 0.369 e. The zero-order chi connectivity index (χ0) is 7.84. The minimum absolute atomic E-state index is 0.108. The molecule has 1 aliphatic carbocycles. The van der Waals surface area contributed by atoms with Crippen molar-refractivity contribution in [3.63, 3.8) is 0 Å². The number of amides is 1. The highest BCUT2D eigenvalue weighted by molar-refractivity contribution is 5.99. The van der Waals surface area contributed by atoms with Gasteiger partial charge in [0.2, 0.25) is 0 Å². The topological polar surface area (TPSA) is 58.7 Å². The van der Waals surface area contributed by atoms with Gasteiger partial charge in [-0.3, -0.25) is 4.79 Å². The SMILES string of the molecule is NC1=NC(=O)CN1CC1CC1. The highest BCUT2D eigenvalue weighted by Crippen LogP contribution is 2.29. The van der Waals surface area contributed by atoms with Gasteiger partial charge in [-0.15, -0.1) is 0 Å². The Balaban J connectivity index is 1.94. The Hall–Kier alpha value is -1.06. The summed E-state index contributed by atoms with van der Waals surface area (Å²) < 4.78 is 0. The number of aliphatic imine (C=N–C) groups is 1. The van der Waals surface area contributed by atoms with Gasteiger partial charge in [-0.1, -0.05) is 0 Å². The van der Waals surface area contributed by atoms with Crippen LogP contribution in [0.1, 0.15) is 12.8 Å². The second kappa shape index (κ2) is 2.22. The third-order valence-electron chi connectivity index (χ3n) is 2.06. The summed E-state index contributed by atoms with van der Waals surface area (Å²) in [5, 5.41) is 0. The van der Waals surface area contributed by atoms with Crippen molar-refractivity contribution < 1.29 is 4.79 Å². The van der Waals surface area contributed by atoms with Gasteiger partial charge >= 0.3 is 0 Å². The average Bonchev–Trinajstić information content (AvgIpc) is 2.64. The van der Waals surface area contributed by atoms with Gasteiger partial charge in [0.15, 0.2) is 5.96 Å². The number of rotatable bonds is 2. The summed E-state index contributed by atoms with van der Waals surface area (Å²) in [4.78, 5) is 16.3. The van der Waals surface area contributed by atoms with Crippen LogP contribution in [-0.4, -0.2) is 29.9 Å². The minimum atomic E-state index is -0.108. The van der Waals surface area contributed by atoms with Gasteiger partial charge in [-0.25, -0.2) is 0 Å². The third-order valence-corrected chi connectivity index (χ3v) is 2.06. The van der Waals surface area contributed by atoms with Crippen LogP contribution in [0.3, 0.4) is 0 Å². The molecule has 1 aliphatic heterocycles. The molecule has 2 rings (SSSR count). The maximum atomic E-state index is 10.8. The van der Waals surface area contributed by atoms with E-state index in [1.807, 2.05) is 4.90 Å². The lowest BCUT2D eigenvalue weighted by molar-refractivity contribution is -0.117. The summed E-state index contributed by atoms with van der Waals surface area (Å²) in [6.07, 6.45) is 2.55. The smallest absolute Gasteiger partial charge is 0.268 e. The molecule has 4 nitrogen and oxygen atoms in total. The van der Waals surface area contributed by atoms with Crippen LogP contribution in [0.2, 0.25) is 0 Å². The van der Waals surface area contributed by atoms with Crippen LogP contribution in [0.25, 0.3) is 0 Å². The van der Waals surface area contributed by atoms with Crippen LogP contribution in [0, 0.1) is 5.92 Å². The fourth-order valence-electron chi connectivity index (χ4n) is 1.25. The lowest BCUT2D eigenvalue weighted by Crippen LogP contribution is -2.35. The fourth-order valence-corrected chi connectivity index (χ4v) is 1.25. The maximum absolute atomic E-state index is 10.8. The van der Waals surface area contributed by atoms with Gasteiger partial charge in [0.05, 0.1) is 0 Å². The van der Waals surface area contributed by atoms with E-state index in [4.69, 9.17) is 5.73 Å². The molecule has 0 saturated heterocycles. The maximum Gasteiger partial charge on any atom is 0.268 e. The molecule has 0 bridgehead atoms. The quantitative estimate of drug-likeness (QED) is 0.584. The summed E-state index contributed by atoms with van der Waals surface area (Å²) in [5.41, 5.74) is 5.50. The molecule has 2 aliphatic rings. The Kier molecular flexibility index (Phi) is 1.34. The van der Waals surface area contributed by atoms with Crippen LogP contribution >= 0.6 is 0 Å². The molecule has 4 heteroatoms. The van der Waals surface area contributed by atoms with Gasteiger partial charge in [0.1, 0.15) is 6.54 Å². The molecule has 1 saturated carbocycles. The van der Waals surface area contributed by atoms with E-state index in [1.165, 1.54) is 12.8 Å². The van der Waals surface area contributed by atoms with Crippen LogP contribution in [0.15, 0.2) is 4.99 Å². The predicted octanol–water partition coefficient (Wildman–Crippen LogP) is -0.447. The lowest BCUT2D eigenvalue weighted by Gasteiger charge is -2.14. The van der Waals surface area contributed by atoms with E-state index < -0.39 is 0 Å². The van der Waals surface area contributed by atoms with Crippen molar-refractivity contribution in [3.8, 4) is 0 Å². The van der Waals surface area contributed by atoms with Gasteiger partial charge in [-0.2, -0.15) is 4.99 Å². The van der Waals surface area contributed by atoms with Crippen molar-refractivity contribution in [1.29, 1.82) is 0 Å². The summed E-state index contributed by atoms with van der Waals surface area (Å²) >= 11 is 0. The molecule has 0 atom stereocenters. The Labute approximate surface area is 65.1 Å². The molecule has 1 heterocycles. The molecule has 60 valence electrons. The molecule has 0 aromatic carbocycles. The molecule has 0 aromatic heterocycles. The second-order valence-electron chi connectivity index (χ2n) is 3.19. The number of hydrogen-bond acceptors (Lipinski definition) is 3. The summed E-state index contributed by atoms with van der Waals surface area (Å²) in [6.45, 7) is 1.31. The molecule has 1 amide bonds. The molecular weight excluding hydrogens is 142 g/mol. The van der Waals surface area contributed by atoms with Crippen LogP contribution in [0.5, 0.6) is 0 Å². The molecule has 0 radical (unpaired) electrons. The van der Waals surface area contributed by atoms with E-state index in [9.17, 15) is 4.79 Å². The number of nitrogens with two attached hydrogens (primary N) is 1. The van der Waals surface area contributed by atoms with Crippen molar-refractivity contribution >= 4 is 11.9 Å². The van der Waals surface area contributed by atoms with Gasteiger partial charge in [0.25, 0.3) is 5.91 Å². The van der Waals surface area contributed by atoms with E-state index in [-0.39, 0.29) is 5.91 Å². The predicted molar refractivity (Wildman–Crippen MR) is 40.9 cm³/mol. The van der Waals surface area contributed by atoms with E-state index in [0.717, 1.165) is 12.5 Å². The Morgan fingerprint density at radius 1 is 1.64 bits per heavy atom. The van der Waals surface area contributed by atoms with Crippen LogP contribution in [0.4, 0.5) is 0 Å². The standard InChI is InChI=1S/C7H11N3O/c8-7-9-6(11)4-10(7)3-5-1-2-5/h5H,1-4H2,(H2,8,9,11). The Morgan fingerprint density at radius 2 is 2.36 bits per heavy atom. The van der Waals surface area contributed by atoms with Gasteiger partial charge in [0, 0.05) is 6.54 Å². The van der Waals surface area contributed by atoms with E-state index in [0.29, 0.717) is 12.5 Å². The van der Waals surface area contributed by atoms with Crippen molar-refractivity contribution in [2.75, 3.05) is 13.1 Å². The lowest BCUT2D eigenvalue weighted by atomic mass is 10.4. The monoisotopic (exact) mass is 153 g/mol. The van der Waals surface area contributed by atoms with Crippen LogP contribution < -0.4 is 5.73 Å². The number of carbonyl (C=O) groups is 1. The first-order valence-corrected chi connectivity index (χ1v) is 3.87. The molecule has 11 heavy (non-hydrogen) atoms. The first-order chi connectivity index (χ1) is 5.25. The van der Waals surface area contributed by atoms with E-state index in [2.05, 4.69) is 4.99 Å². The molecule has 2 N–H and O–H groups in total. The molecule has 0 unspecified atom stereocenters. The average molecular weight is 153 g/mol. The van der Waals surface area contributed by atoms with Gasteiger partial charge < -0.3 is 10.6 Å². The first-order valence-electron chi connectivity index (χ1n) is 3.87. The van der Waals surface area contributed by atoms with Crippen molar-refractivity contribution in [2.24, 2.45) is 16.6 Å². The Morgan fingerprint density at radius 3 is 2.82 bits per heavy atom.